The van der Waals surface area contributed by atoms with Crippen molar-refractivity contribution in [2.24, 2.45) is 0 Å². The van der Waals surface area contributed by atoms with E-state index in [4.69, 9.17) is 4.74 Å². The van der Waals surface area contributed by atoms with E-state index in [1.807, 2.05) is 26.0 Å². The highest BCUT2D eigenvalue weighted by Crippen LogP contribution is 2.31. The lowest BCUT2D eigenvalue weighted by atomic mass is 10.1. The Hall–Kier alpha value is -2.41. The standard InChI is InChI=1S/C16H21N5O2/c1-11(2)18-15-13-9-12(21-5-7-23-8-6-21)3-4-14(13)19-20-16(15)17-10-22/h3-4,9-11H,5-8H2,1-2H3,(H,18,19)(H,17,20,22). The maximum atomic E-state index is 10.8. The molecule has 0 atom stereocenters. The van der Waals surface area contributed by atoms with Gasteiger partial charge in [-0.2, -0.15) is 0 Å². The van der Waals surface area contributed by atoms with Gasteiger partial charge in [0.2, 0.25) is 6.41 Å². The number of anilines is 3. The molecule has 0 spiro atoms. The molecule has 3 rings (SSSR count). The minimum atomic E-state index is 0.210. The summed E-state index contributed by atoms with van der Waals surface area (Å²) < 4.78 is 5.41. The molecule has 2 heterocycles. The van der Waals surface area contributed by atoms with E-state index >= 15 is 0 Å². The summed E-state index contributed by atoms with van der Waals surface area (Å²) in [5, 5.41) is 15.2. The zero-order valence-corrected chi connectivity index (χ0v) is 13.4. The van der Waals surface area contributed by atoms with Gasteiger partial charge in [-0.15, -0.1) is 10.2 Å². The first-order chi connectivity index (χ1) is 11.2. The van der Waals surface area contributed by atoms with Crippen molar-refractivity contribution < 1.29 is 9.53 Å². The van der Waals surface area contributed by atoms with Gasteiger partial charge in [-0.25, -0.2) is 0 Å². The molecule has 0 unspecified atom stereocenters. The molecule has 0 saturated carbocycles. The number of nitrogens with one attached hydrogen (secondary N) is 2. The van der Waals surface area contributed by atoms with Gasteiger partial charge in [-0.3, -0.25) is 4.79 Å². The number of hydrogen-bond donors (Lipinski definition) is 2. The number of morpholine rings is 1. The maximum absolute atomic E-state index is 10.8. The average molecular weight is 315 g/mol. The van der Waals surface area contributed by atoms with E-state index in [1.54, 1.807) is 0 Å². The monoisotopic (exact) mass is 315 g/mol. The second-order valence-electron chi connectivity index (χ2n) is 5.79. The summed E-state index contributed by atoms with van der Waals surface area (Å²) in [5.74, 6) is 0.445. The second kappa shape index (κ2) is 6.78. The molecule has 1 aliphatic heterocycles. The first-order valence-electron chi connectivity index (χ1n) is 7.79. The Morgan fingerprint density at radius 1 is 1.26 bits per heavy atom. The lowest BCUT2D eigenvalue weighted by Gasteiger charge is -2.29. The first kappa shape index (κ1) is 15.5. The molecule has 1 saturated heterocycles. The molecular formula is C16H21N5O2. The predicted octanol–water partition coefficient (Wildman–Crippen LogP) is 1.85. The highest BCUT2D eigenvalue weighted by molar-refractivity contribution is 5.99. The van der Waals surface area contributed by atoms with Crippen molar-refractivity contribution in [1.82, 2.24) is 10.2 Å². The Morgan fingerprint density at radius 2 is 2.04 bits per heavy atom. The maximum Gasteiger partial charge on any atom is 0.212 e. The van der Waals surface area contributed by atoms with E-state index in [2.05, 4.69) is 31.8 Å². The molecular weight excluding hydrogens is 294 g/mol. The number of nitrogens with zero attached hydrogens (tertiary/aromatic N) is 3. The largest absolute Gasteiger partial charge is 0.379 e. The number of benzene rings is 1. The fourth-order valence-corrected chi connectivity index (χ4v) is 2.70. The average Bonchev–Trinajstić information content (AvgIpc) is 2.57. The molecule has 1 aromatic carbocycles. The third kappa shape index (κ3) is 3.34. The van der Waals surface area contributed by atoms with E-state index < -0.39 is 0 Å². The van der Waals surface area contributed by atoms with Gasteiger partial charge in [0.15, 0.2) is 5.82 Å². The van der Waals surface area contributed by atoms with Crippen molar-refractivity contribution in [3.05, 3.63) is 18.2 Å². The van der Waals surface area contributed by atoms with Crippen LogP contribution < -0.4 is 15.5 Å². The topological polar surface area (TPSA) is 79.4 Å². The van der Waals surface area contributed by atoms with Crippen molar-refractivity contribution in [3.63, 3.8) is 0 Å². The highest BCUT2D eigenvalue weighted by atomic mass is 16.5. The number of amides is 1. The van der Waals surface area contributed by atoms with Crippen LogP contribution in [0.1, 0.15) is 13.8 Å². The van der Waals surface area contributed by atoms with E-state index in [0.29, 0.717) is 12.2 Å². The van der Waals surface area contributed by atoms with Gasteiger partial charge in [0.25, 0.3) is 0 Å². The zero-order valence-electron chi connectivity index (χ0n) is 13.4. The zero-order chi connectivity index (χ0) is 16.2. The van der Waals surface area contributed by atoms with Gasteiger partial charge in [0.05, 0.1) is 24.4 Å². The molecule has 122 valence electrons. The van der Waals surface area contributed by atoms with E-state index in [9.17, 15) is 4.79 Å². The van der Waals surface area contributed by atoms with Crippen LogP contribution in [-0.4, -0.2) is 49.0 Å². The fraction of sp³-hybridized carbons (Fsp3) is 0.438. The molecule has 0 aliphatic carbocycles. The number of fused-ring (bicyclic) bond motifs is 1. The summed E-state index contributed by atoms with van der Waals surface area (Å²) in [6.07, 6.45) is 0.618. The summed E-state index contributed by atoms with van der Waals surface area (Å²) in [6, 6.07) is 6.31. The Morgan fingerprint density at radius 3 is 2.74 bits per heavy atom. The van der Waals surface area contributed by atoms with E-state index in [1.165, 1.54) is 0 Å². The van der Waals surface area contributed by atoms with Crippen LogP contribution in [0, 0.1) is 0 Å². The molecule has 1 aromatic heterocycles. The fourth-order valence-electron chi connectivity index (χ4n) is 2.70. The summed E-state index contributed by atoms with van der Waals surface area (Å²) in [6.45, 7) is 7.31. The number of rotatable bonds is 5. The van der Waals surface area contributed by atoms with Gasteiger partial charge in [-0.1, -0.05) is 0 Å². The minimum absolute atomic E-state index is 0.210. The van der Waals surface area contributed by atoms with Gasteiger partial charge in [0.1, 0.15) is 0 Å². The van der Waals surface area contributed by atoms with Gasteiger partial charge >= 0.3 is 0 Å². The molecule has 0 bridgehead atoms. The van der Waals surface area contributed by atoms with Gasteiger partial charge < -0.3 is 20.3 Å². The van der Waals surface area contributed by atoms with E-state index in [-0.39, 0.29) is 6.04 Å². The van der Waals surface area contributed by atoms with Crippen LogP contribution in [0.4, 0.5) is 17.2 Å². The van der Waals surface area contributed by atoms with Crippen molar-refractivity contribution in [2.45, 2.75) is 19.9 Å². The molecule has 2 N–H and O–H groups in total. The number of aromatic nitrogens is 2. The van der Waals surface area contributed by atoms with Crippen LogP contribution in [0.15, 0.2) is 18.2 Å². The third-order valence-electron chi connectivity index (χ3n) is 3.75. The highest BCUT2D eigenvalue weighted by Gasteiger charge is 2.15. The first-order valence-corrected chi connectivity index (χ1v) is 7.79. The van der Waals surface area contributed by atoms with Crippen LogP contribution >= 0.6 is 0 Å². The number of hydrogen-bond acceptors (Lipinski definition) is 6. The SMILES string of the molecule is CC(C)Nc1c(NC=O)nnc2ccc(N3CCOCC3)cc12. The normalized spacial score (nSPS) is 15.0. The Kier molecular flexibility index (Phi) is 4.57. The molecule has 23 heavy (non-hydrogen) atoms. The Bertz CT molecular complexity index is 698. The summed E-state index contributed by atoms with van der Waals surface area (Å²) >= 11 is 0. The second-order valence-corrected chi connectivity index (χ2v) is 5.79. The van der Waals surface area contributed by atoms with Crippen LogP contribution in [0.5, 0.6) is 0 Å². The van der Waals surface area contributed by atoms with Crippen LogP contribution in [-0.2, 0) is 9.53 Å². The van der Waals surface area contributed by atoms with Crippen molar-refractivity contribution >= 4 is 34.5 Å². The molecule has 7 nitrogen and oxygen atoms in total. The summed E-state index contributed by atoms with van der Waals surface area (Å²) in [7, 11) is 0. The molecule has 7 heteroatoms. The smallest absolute Gasteiger partial charge is 0.212 e. The molecule has 1 aliphatic rings. The molecule has 2 aromatic rings. The van der Waals surface area contributed by atoms with Gasteiger partial charge in [0, 0.05) is 30.2 Å². The minimum Gasteiger partial charge on any atom is -0.379 e. The van der Waals surface area contributed by atoms with Crippen LogP contribution in [0.2, 0.25) is 0 Å². The lowest BCUT2D eigenvalue weighted by Crippen LogP contribution is -2.36. The molecule has 0 radical (unpaired) electrons. The van der Waals surface area contributed by atoms with Crippen LogP contribution in [0.3, 0.4) is 0 Å². The number of ether oxygens (including phenoxy) is 1. The van der Waals surface area contributed by atoms with Crippen molar-refractivity contribution in [3.8, 4) is 0 Å². The van der Waals surface area contributed by atoms with Gasteiger partial charge in [-0.05, 0) is 32.0 Å². The molecule has 1 amide bonds. The van der Waals surface area contributed by atoms with Crippen LogP contribution in [0.25, 0.3) is 10.9 Å². The third-order valence-corrected chi connectivity index (χ3v) is 3.75. The molecule has 1 fully saturated rings. The lowest BCUT2D eigenvalue weighted by molar-refractivity contribution is -0.105. The van der Waals surface area contributed by atoms with Crippen molar-refractivity contribution in [2.75, 3.05) is 41.8 Å². The van der Waals surface area contributed by atoms with E-state index in [0.717, 1.165) is 48.6 Å². The summed E-state index contributed by atoms with van der Waals surface area (Å²) in [5.41, 5.74) is 2.71. The Labute approximate surface area is 135 Å². The summed E-state index contributed by atoms with van der Waals surface area (Å²) in [4.78, 5) is 13.1. The number of carbonyl (C=O) groups is 1. The predicted molar refractivity (Wildman–Crippen MR) is 91.0 cm³/mol. The number of carbonyl (C=O) groups excluding carboxylic acids is 1. The van der Waals surface area contributed by atoms with Crippen molar-refractivity contribution in [1.29, 1.82) is 0 Å². The Balaban J connectivity index is 2.07. The quantitative estimate of drug-likeness (QED) is 0.820.